The van der Waals surface area contributed by atoms with Gasteiger partial charge in [0.1, 0.15) is 0 Å². The van der Waals surface area contributed by atoms with Crippen LogP contribution in [0.1, 0.15) is 32.9 Å². The Morgan fingerprint density at radius 1 is 1.60 bits per heavy atom. The minimum Gasteiger partial charge on any atom is -0.334 e. The van der Waals surface area contributed by atoms with Crippen LogP contribution >= 0.6 is 0 Å². The van der Waals surface area contributed by atoms with Gasteiger partial charge in [-0.25, -0.2) is 4.98 Å². The lowest BCUT2D eigenvalue weighted by Gasteiger charge is -2.07. The molecule has 2 rings (SSSR count). The lowest BCUT2D eigenvalue weighted by Crippen LogP contribution is -2.19. The van der Waals surface area contributed by atoms with Crippen LogP contribution in [0.15, 0.2) is 12.5 Å². The topological polar surface area (TPSA) is 29.9 Å². The molecule has 0 bridgehead atoms. The van der Waals surface area contributed by atoms with Crippen molar-refractivity contribution in [2.45, 2.75) is 40.3 Å². The first kappa shape index (κ1) is 10.7. The van der Waals surface area contributed by atoms with E-state index in [0.717, 1.165) is 25.6 Å². The first-order chi connectivity index (χ1) is 7.13. The summed E-state index contributed by atoms with van der Waals surface area (Å²) in [7, 11) is 0. The third-order valence-corrected chi connectivity index (χ3v) is 3.55. The molecular formula is C12H21N3. The zero-order valence-electron chi connectivity index (χ0n) is 9.95. The molecule has 1 aliphatic carbocycles. The summed E-state index contributed by atoms with van der Waals surface area (Å²) in [5.74, 6) is 0.871. The largest absolute Gasteiger partial charge is 0.334 e. The van der Waals surface area contributed by atoms with Crippen LogP contribution in [0.2, 0.25) is 0 Å². The Morgan fingerprint density at radius 3 is 2.93 bits per heavy atom. The molecule has 0 aromatic carbocycles. The second-order valence-corrected chi connectivity index (χ2v) is 5.19. The third-order valence-electron chi connectivity index (χ3n) is 3.55. The third kappa shape index (κ3) is 2.40. The van der Waals surface area contributed by atoms with Crippen LogP contribution in [-0.4, -0.2) is 16.1 Å². The fraction of sp³-hybridized carbons (Fsp3) is 0.750. The molecule has 1 fully saturated rings. The van der Waals surface area contributed by atoms with Gasteiger partial charge in [0.05, 0.1) is 12.0 Å². The predicted molar refractivity (Wildman–Crippen MR) is 61.5 cm³/mol. The van der Waals surface area contributed by atoms with Crippen LogP contribution < -0.4 is 5.32 Å². The number of imidazole rings is 1. The van der Waals surface area contributed by atoms with Crippen molar-refractivity contribution in [3.63, 3.8) is 0 Å². The second kappa shape index (κ2) is 3.97. The van der Waals surface area contributed by atoms with Gasteiger partial charge in [-0.2, -0.15) is 0 Å². The SMILES string of the molecule is CCn1cncc1CNCC1CC1(C)C. The van der Waals surface area contributed by atoms with Crippen LogP contribution in [0, 0.1) is 11.3 Å². The number of nitrogens with zero attached hydrogens (tertiary/aromatic N) is 2. The minimum absolute atomic E-state index is 0.581. The predicted octanol–water partition coefficient (Wildman–Crippen LogP) is 2.04. The lowest BCUT2D eigenvalue weighted by atomic mass is 10.1. The van der Waals surface area contributed by atoms with E-state index in [2.05, 4.69) is 35.6 Å². The highest BCUT2D eigenvalue weighted by Crippen LogP contribution is 2.50. The molecule has 0 radical (unpaired) electrons. The maximum Gasteiger partial charge on any atom is 0.0948 e. The van der Waals surface area contributed by atoms with Gasteiger partial charge in [-0.05, 0) is 31.2 Å². The highest BCUT2D eigenvalue weighted by atomic mass is 15.1. The van der Waals surface area contributed by atoms with Crippen molar-refractivity contribution in [2.24, 2.45) is 11.3 Å². The Hall–Kier alpha value is -0.830. The molecule has 0 spiro atoms. The maximum absolute atomic E-state index is 4.16. The van der Waals surface area contributed by atoms with Crippen molar-refractivity contribution < 1.29 is 0 Å². The summed E-state index contributed by atoms with van der Waals surface area (Å²) in [4.78, 5) is 4.16. The summed E-state index contributed by atoms with van der Waals surface area (Å²) in [6, 6.07) is 0. The molecule has 1 N–H and O–H groups in total. The Bertz CT molecular complexity index is 327. The Kier molecular flexibility index (Phi) is 2.83. The number of aryl methyl sites for hydroxylation is 1. The molecule has 1 aliphatic rings. The fourth-order valence-electron chi connectivity index (χ4n) is 2.08. The van der Waals surface area contributed by atoms with E-state index in [0.29, 0.717) is 5.41 Å². The monoisotopic (exact) mass is 207 g/mol. The molecule has 1 atom stereocenters. The van der Waals surface area contributed by atoms with Crippen molar-refractivity contribution >= 4 is 0 Å². The Labute approximate surface area is 91.9 Å². The number of hydrogen-bond donors (Lipinski definition) is 1. The number of aromatic nitrogens is 2. The molecule has 3 heteroatoms. The average Bonchev–Trinajstić information content (AvgIpc) is 2.64. The van der Waals surface area contributed by atoms with Crippen molar-refractivity contribution in [3.8, 4) is 0 Å². The molecule has 1 aromatic rings. The smallest absolute Gasteiger partial charge is 0.0948 e. The van der Waals surface area contributed by atoms with E-state index in [-0.39, 0.29) is 0 Å². The van der Waals surface area contributed by atoms with E-state index in [1.807, 2.05) is 12.5 Å². The van der Waals surface area contributed by atoms with Gasteiger partial charge in [-0.15, -0.1) is 0 Å². The summed E-state index contributed by atoms with van der Waals surface area (Å²) >= 11 is 0. The van der Waals surface area contributed by atoms with Gasteiger partial charge in [-0.3, -0.25) is 0 Å². The first-order valence-corrected chi connectivity index (χ1v) is 5.83. The van der Waals surface area contributed by atoms with E-state index < -0.39 is 0 Å². The summed E-state index contributed by atoms with van der Waals surface area (Å²) in [6.07, 6.45) is 5.22. The van der Waals surface area contributed by atoms with Crippen LogP contribution in [0.5, 0.6) is 0 Å². The summed E-state index contributed by atoms with van der Waals surface area (Å²) in [6.45, 7) is 9.93. The maximum atomic E-state index is 4.16. The molecule has 1 heterocycles. The Balaban J connectivity index is 1.74. The van der Waals surface area contributed by atoms with E-state index >= 15 is 0 Å². The van der Waals surface area contributed by atoms with Crippen molar-refractivity contribution in [3.05, 3.63) is 18.2 Å². The second-order valence-electron chi connectivity index (χ2n) is 5.19. The van der Waals surface area contributed by atoms with Crippen LogP contribution in [0.4, 0.5) is 0 Å². The minimum atomic E-state index is 0.581. The highest BCUT2D eigenvalue weighted by Gasteiger charge is 2.44. The highest BCUT2D eigenvalue weighted by molar-refractivity contribution is 5.00. The van der Waals surface area contributed by atoms with Gasteiger partial charge < -0.3 is 9.88 Å². The molecule has 0 saturated heterocycles. The zero-order valence-corrected chi connectivity index (χ0v) is 9.95. The summed E-state index contributed by atoms with van der Waals surface area (Å²) in [5, 5.41) is 3.52. The normalized spacial score (nSPS) is 23.0. The first-order valence-electron chi connectivity index (χ1n) is 5.83. The van der Waals surface area contributed by atoms with Gasteiger partial charge in [0.25, 0.3) is 0 Å². The molecule has 1 unspecified atom stereocenters. The molecular weight excluding hydrogens is 186 g/mol. The molecule has 3 nitrogen and oxygen atoms in total. The number of rotatable bonds is 5. The van der Waals surface area contributed by atoms with E-state index in [9.17, 15) is 0 Å². The van der Waals surface area contributed by atoms with Crippen LogP contribution in [-0.2, 0) is 13.1 Å². The van der Waals surface area contributed by atoms with E-state index in [1.54, 1.807) is 0 Å². The number of nitrogens with one attached hydrogen (secondary N) is 1. The summed E-state index contributed by atoms with van der Waals surface area (Å²) < 4.78 is 2.19. The molecule has 0 amide bonds. The van der Waals surface area contributed by atoms with E-state index in [4.69, 9.17) is 0 Å². The molecule has 15 heavy (non-hydrogen) atoms. The van der Waals surface area contributed by atoms with Gasteiger partial charge >= 0.3 is 0 Å². The van der Waals surface area contributed by atoms with Crippen LogP contribution in [0.25, 0.3) is 0 Å². The Morgan fingerprint density at radius 2 is 2.33 bits per heavy atom. The van der Waals surface area contributed by atoms with Crippen molar-refractivity contribution in [1.82, 2.24) is 14.9 Å². The molecule has 0 aliphatic heterocycles. The summed E-state index contributed by atoms with van der Waals surface area (Å²) in [5.41, 5.74) is 1.87. The molecule has 1 saturated carbocycles. The van der Waals surface area contributed by atoms with Gasteiger partial charge in [0, 0.05) is 19.3 Å². The fourth-order valence-corrected chi connectivity index (χ4v) is 2.08. The standard InChI is InChI=1S/C12H21N3/c1-4-15-9-14-8-11(15)7-13-6-10-5-12(10,2)3/h8-10,13H,4-7H2,1-3H3. The van der Waals surface area contributed by atoms with Gasteiger partial charge in [-0.1, -0.05) is 13.8 Å². The van der Waals surface area contributed by atoms with E-state index in [1.165, 1.54) is 12.1 Å². The van der Waals surface area contributed by atoms with Crippen molar-refractivity contribution in [1.29, 1.82) is 0 Å². The quantitative estimate of drug-likeness (QED) is 0.800. The lowest BCUT2D eigenvalue weighted by molar-refractivity contribution is 0.512. The van der Waals surface area contributed by atoms with Gasteiger partial charge in [0.15, 0.2) is 0 Å². The molecule has 1 aromatic heterocycles. The van der Waals surface area contributed by atoms with Crippen LogP contribution in [0.3, 0.4) is 0 Å². The zero-order chi connectivity index (χ0) is 10.9. The number of hydrogen-bond acceptors (Lipinski definition) is 2. The van der Waals surface area contributed by atoms with Gasteiger partial charge in [0.2, 0.25) is 0 Å². The van der Waals surface area contributed by atoms with Crippen molar-refractivity contribution in [2.75, 3.05) is 6.54 Å². The average molecular weight is 207 g/mol. The molecule has 84 valence electrons.